The van der Waals surface area contributed by atoms with Crippen LogP contribution in [0.1, 0.15) is 49.3 Å². The first-order valence-electron chi connectivity index (χ1n) is 9.06. The summed E-state index contributed by atoms with van der Waals surface area (Å²) in [6.07, 6.45) is 3.91. The normalized spacial score (nSPS) is 16.8. The Morgan fingerprint density at radius 1 is 0.870 bits per heavy atom. The molecule has 1 heteroatoms. The molecule has 0 aliphatic carbocycles. The molecule has 1 aliphatic heterocycles. The van der Waals surface area contributed by atoms with Gasteiger partial charge in [-0.25, -0.2) is 0 Å². The Morgan fingerprint density at radius 3 is 2.13 bits per heavy atom. The van der Waals surface area contributed by atoms with E-state index < -0.39 is 0 Å². The van der Waals surface area contributed by atoms with Crippen LogP contribution in [-0.4, -0.2) is 18.0 Å². The van der Waals surface area contributed by atoms with Gasteiger partial charge in [-0.15, -0.1) is 0 Å². The molecule has 0 saturated carbocycles. The van der Waals surface area contributed by atoms with Crippen LogP contribution in [0.3, 0.4) is 0 Å². The van der Waals surface area contributed by atoms with Crippen LogP contribution in [0.5, 0.6) is 0 Å². The van der Waals surface area contributed by atoms with Gasteiger partial charge in [0.1, 0.15) is 0 Å². The van der Waals surface area contributed by atoms with Crippen LogP contribution < -0.4 is 0 Å². The van der Waals surface area contributed by atoms with Gasteiger partial charge in [-0.05, 0) is 60.9 Å². The van der Waals surface area contributed by atoms with Gasteiger partial charge in [-0.3, -0.25) is 4.90 Å². The highest BCUT2D eigenvalue weighted by Gasteiger charge is 2.19. The second-order valence-electron chi connectivity index (χ2n) is 7.31. The lowest BCUT2D eigenvalue weighted by atomic mass is 9.90. The molecule has 1 fully saturated rings. The molecular weight excluding hydrogens is 278 g/mol. The average molecular weight is 307 g/mol. The fourth-order valence-corrected chi connectivity index (χ4v) is 3.56. The number of hydrogen-bond donors (Lipinski definition) is 0. The third-order valence-electron chi connectivity index (χ3n) is 5.13. The van der Waals surface area contributed by atoms with Crippen molar-refractivity contribution in [3.8, 4) is 0 Å². The maximum absolute atomic E-state index is 2.62. The summed E-state index contributed by atoms with van der Waals surface area (Å²) in [5.41, 5.74) is 4.39. The zero-order valence-electron chi connectivity index (χ0n) is 14.5. The summed E-state index contributed by atoms with van der Waals surface area (Å²) < 4.78 is 0. The number of piperidine rings is 1. The molecule has 0 atom stereocenters. The Kier molecular flexibility index (Phi) is 5.51. The molecule has 0 radical (unpaired) electrons. The second-order valence-corrected chi connectivity index (χ2v) is 7.31. The molecule has 1 aliphatic rings. The molecule has 0 unspecified atom stereocenters. The summed E-state index contributed by atoms with van der Waals surface area (Å²) in [6, 6.07) is 20.2. The largest absolute Gasteiger partial charge is 0.299 e. The smallest absolute Gasteiger partial charge is 0.0233 e. The van der Waals surface area contributed by atoms with E-state index in [2.05, 4.69) is 73.3 Å². The minimum absolute atomic E-state index is 0.623. The third kappa shape index (κ3) is 4.68. The van der Waals surface area contributed by atoms with Gasteiger partial charge in [0.15, 0.2) is 0 Å². The van der Waals surface area contributed by atoms with Gasteiger partial charge < -0.3 is 0 Å². The Bertz CT molecular complexity index is 577. The zero-order valence-corrected chi connectivity index (χ0v) is 14.5. The van der Waals surface area contributed by atoms with Crippen LogP contribution in [0, 0.1) is 5.92 Å². The predicted molar refractivity (Wildman–Crippen MR) is 98.7 cm³/mol. The highest BCUT2D eigenvalue weighted by Crippen LogP contribution is 2.23. The molecular formula is C22H29N. The molecule has 0 amide bonds. The molecule has 23 heavy (non-hydrogen) atoms. The summed E-state index contributed by atoms with van der Waals surface area (Å²) in [6.45, 7) is 8.10. The third-order valence-corrected chi connectivity index (χ3v) is 5.13. The van der Waals surface area contributed by atoms with Crippen molar-refractivity contribution in [2.45, 2.75) is 45.6 Å². The van der Waals surface area contributed by atoms with Crippen molar-refractivity contribution in [1.82, 2.24) is 4.90 Å². The SMILES string of the molecule is CC(C)c1ccc(CN2CCC(Cc3ccccc3)CC2)cc1. The average Bonchev–Trinajstić information content (AvgIpc) is 2.58. The molecule has 1 nitrogen and oxygen atoms in total. The van der Waals surface area contributed by atoms with Crippen molar-refractivity contribution < 1.29 is 0 Å². The molecule has 3 rings (SSSR count). The lowest BCUT2D eigenvalue weighted by molar-refractivity contribution is 0.177. The van der Waals surface area contributed by atoms with E-state index in [0.29, 0.717) is 5.92 Å². The lowest BCUT2D eigenvalue weighted by Gasteiger charge is -2.32. The van der Waals surface area contributed by atoms with Crippen LogP contribution in [0.2, 0.25) is 0 Å². The van der Waals surface area contributed by atoms with Crippen LogP contribution in [0.15, 0.2) is 54.6 Å². The molecule has 2 aromatic rings. The fraction of sp³-hybridized carbons (Fsp3) is 0.455. The van der Waals surface area contributed by atoms with E-state index in [1.165, 1.54) is 49.0 Å². The summed E-state index contributed by atoms with van der Waals surface area (Å²) in [7, 11) is 0. The van der Waals surface area contributed by atoms with E-state index in [0.717, 1.165) is 12.5 Å². The van der Waals surface area contributed by atoms with E-state index in [9.17, 15) is 0 Å². The number of hydrogen-bond acceptors (Lipinski definition) is 1. The first-order chi connectivity index (χ1) is 11.2. The number of benzene rings is 2. The van der Waals surface area contributed by atoms with Crippen molar-refractivity contribution in [3.05, 3.63) is 71.3 Å². The Morgan fingerprint density at radius 2 is 1.52 bits per heavy atom. The van der Waals surface area contributed by atoms with Crippen molar-refractivity contribution in [3.63, 3.8) is 0 Å². The van der Waals surface area contributed by atoms with Crippen molar-refractivity contribution in [2.24, 2.45) is 5.92 Å². The van der Waals surface area contributed by atoms with Crippen molar-refractivity contribution in [2.75, 3.05) is 13.1 Å². The lowest BCUT2D eigenvalue weighted by Crippen LogP contribution is -2.33. The quantitative estimate of drug-likeness (QED) is 0.728. The Balaban J connectivity index is 1.47. The second kappa shape index (κ2) is 7.79. The van der Waals surface area contributed by atoms with Crippen LogP contribution in [-0.2, 0) is 13.0 Å². The van der Waals surface area contributed by atoms with Gasteiger partial charge in [-0.1, -0.05) is 68.4 Å². The predicted octanol–water partition coefficient (Wildman–Crippen LogP) is 5.26. The minimum Gasteiger partial charge on any atom is -0.299 e. The number of nitrogens with zero attached hydrogens (tertiary/aromatic N) is 1. The molecule has 2 aromatic carbocycles. The monoisotopic (exact) mass is 307 g/mol. The van der Waals surface area contributed by atoms with E-state index >= 15 is 0 Å². The first kappa shape index (κ1) is 16.3. The van der Waals surface area contributed by atoms with Crippen molar-refractivity contribution in [1.29, 1.82) is 0 Å². The van der Waals surface area contributed by atoms with Crippen molar-refractivity contribution >= 4 is 0 Å². The van der Waals surface area contributed by atoms with Gasteiger partial charge in [-0.2, -0.15) is 0 Å². The summed E-state index contributed by atoms with van der Waals surface area (Å²) in [5.74, 6) is 1.48. The fourth-order valence-electron chi connectivity index (χ4n) is 3.56. The molecule has 0 spiro atoms. The number of rotatable bonds is 5. The van der Waals surface area contributed by atoms with Gasteiger partial charge in [0.2, 0.25) is 0 Å². The van der Waals surface area contributed by atoms with E-state index in [-0.39, 0.29) is 0 Å². The summed E-state index contributed by atoms with van der Waals surface area (Å²) in [5, 5.41) is 0. The maximum atomic E-state index is 2.62. The number of likely N-dealkylation sites (tertiary alicyclic amines) is 1. The Labute approximate surface area is 141 Å². The maximum Gasteiger partial charge on any atom is 0.0233 e. The molecule has 0 bridgehead atoms. The highest BCUT2D eigenvalue weighted by atomic mass is 15.1. The summed E-state index contributed by atoms with van der Waals surface area (Å²) in [4.78, 5) is 2.62. The van der Waals surface area contributed by atoms with E-state index in [1.807, 2.05) is 0 Å². The summed E-state index contributed by atoms with van der Waals surface area (Å²) >= 11 is 0. The van der Waals surface area contributed by atoms with Crippen LogP contribution >= 0.6 is 0 Å². The first-order valence-corrected chi connectivity index (χ1v) is 9.06. The standard InChI is InChI=1S/C22H29N/c1-18(2)22-10-8-21(9-11-22)17-23-14-12-20(13-15-23)16-19-6-4-3-5-7-19/h3-11,18,20H,12-17H2,1-2H3. The minimum atomic E-state index is 0.623. The molecule has 1 heterocycles. The molecule has 0 aromatic heterocycles. The van der Waals surface area contributed by atoms with Gasteiger partial charge in [0.05, 0.1) is 0 Å². The zero-order chi connectivity index (χ0) is 16.1. The van der Waals surface area contributed by atoms with Crippen LogP contribution in [0.25, 0.3) is 0 Å². The van der Waals surface area contributed by atoms with Crippen LogP contribution in [0.4, 0.5) is 0 Å². The highest BCUT2D eigenvalue weighted by molar-refractivity contribution is 5.24. The van der Waals surface area contributed by atoms with Gasteiger partial charge in [0, 0.05) is 6.54 Å². The topological polar surface area (TPSA) is 3.24 Å². The van der Waals surface area contributed by atoms with Gasteiger partial charge in [0.25, 0.3) is 0 Å². The Hall–Kier alpha value is -1.60. The van der Waals surface area contributed by atoms with E-state index in [4.69, 9.17) is 0 Å². The van der Waals surface area contributed by atoms with E-state index in [1.54, 1.807) is 0 Å². The van der Waals surface area contributed by atoms with Gasteiger partial charge >= 0.3 is 0 Å². The molecule has 1 saturated heterocycles. The molecule has 0 N–H and O–H groups in total. The molecule has 122 valence electrons.